The standard InChI is InChI=1S/C26H35N5O15S2/c1-9-45-26(43-7)29-30(25(34)31(26,44-8)46-10-2,23(32)27-47(35,36)21-15-17(39-3)11-13-19(21)41-5)24(33)28-48(37,38)22-16-18(40-4)12-14-20(22)42-6/h11-16,29H,9-10H2,1-8H3/p+2. The maximum Gasteiger partial charge on any atom is 0.627 e. The van der Waals surface area contributed by atoms with Crippen molar-refractivity contribution in [3.05, 3.63) is 36.4 Å². The van der Waals surface area contributed by atoms with Crippen molar-refractivity contribution in [3.8, 4) is 23.0 Å². The van der Waals surface area contributed by atoms with E-state index in [2.05, 4.69) is 5.43 Å². The molecule has 2 aromatic carbocycles. The molecule has 0 aromatic heterocycles. The molecule has 3 N–H and O–H groups in total. The molecule has 0 bridgehead atoms. The van der Waals surface area contributed by atoms with E-state index in [4.69, 9.17) is 38.1 Å². The molecule has 1 saturated heterocycles. The lowest BCUT2D eigenvalue weighted by Crippen LogP contribution is -2.72. The van der Waals surface area contributed by atoms with Crippen LogP contribution in [0.2, 0.25) is 0 Å². The number of urea groups is 3. The highest BCUT2D eigenvalue weighted by atomic mass is 32.2. The lowest BCUT2D eigenvalue weighted by Gasteiger charge is -2.31. The summed E-state index contributed by atoms with van der Waals surface area (Å²) < 4.78 is 86.8. The number of methoxy groups -OCH3 is 5. The summed E-state index contributed by atoms with van der Waals surface area (Å²) in [5.41, 5.74) is 2.20. The van der Waals surface area contributed by atoms with E-state index in [9.17, 15) is 31.2 Å². The summed E-state index contributed by atoms with van der Waals surface area (Å²) in [5.74, 6) is -0.477. The molecule has 266 valence electrons. The molecular formula is C26H37N5O15S2+2. The van der Waals surface area contributed by atoms with Gasteiger partial charge >= 0.3 is 24.1 Å². The Kier molecular flexibility index (Phi) is 11.6. The van der Waals surface area contributed by atoms with E-state index in [1.807, 2.05) is 0 Å². The molecule has 2 atom stereocenters. The van der Waals surface area contributed by atoms with Gasteiger partial charge in [-0.15, -0.1) is 4.84 Å². The maximum atomic E-state index is 14.5. The molecule has 1 heterocycles. The normalized spacial score (nSPS) is 20.5. The highest BCUT2D eigenvalue weighted by Gasteiger charge is 2.88. The lowest BCUT2D eigenvalue weighted by molar-refractivity contribution is -1.25. The van der Waals surface area contributed by atoms with Crippen LogP contribution < -0.4 is 33.8 Å². The van der Waals surface area contributed by atoms with Crippen molar-refractivity contribution in [1.82, 2.24) is 14.9 Å². The first-order valence-corrected chi connectivity index (χ1v) is 16.7. The van der Waals surface area contributed by atoms with Crippen LogP contribution in [0.1, 0.15) is 13.8 Å². The van der Waals surface area contributed by atoms with Crippen LogP contribution in [-0.4, -0.2) is 106 Å². The third-order valence-electron chi connectivity index (χ3n) is 6.79. The number of ether oxygens (including phenoxy) is 6. The smallest absolute Gasteiger partial charge is 0.497 e. The van der Waals surface area contributed by atoms with Gasteiger partial charge in [0.15, 0.2) is 4.81 Å². The van der Waals surface area contributed by atoms with Gasteiger partial charge < -0.3 is 18.9 Å². The lowest BCUT2D eigenvalue weighted by atomic mass is 10.3. The number of quaternary nitrogens is 2. The monoisotopic (exact) mass is 723 g/mol. The number of carbonyl (C=O) groups is 3. The third kappa shape index (κ3) is 6.36. The van der Waals surface area contributed by atoms with Gasteiger partial charge in [0.1, 0.15) is 46.5 Å². The zero-order valence-corrected chi connectivity index (χ0v) is 28.8. The van der Waals surface area contributed by atoms with Crippen LogP contribution in [0.3, 0.4) is 0 Å². The van der Waals surface area contributed by atoms with Crippen LogP contribution in [0.25, 0.3) is 0 Å². The summed E-state index contributed by atoms with van der Waals surface area (Å²) in [6, 6.07) is -1.28. The summed E-state index contributed by atoms with van der Waals surface area (Å²) in [5, 5.41) is 0. The second-order valence-electron chi connectivity index (χ2n) is 9.29. The largest absolute Gasteiger partial charge is 0.627 e. The molecule has 0 spiro atoms. The number of hydroxylamine groups is 4. The van der Waals surface area contributed by atoms with Crippen LogP contribution in [0.4, 0.5) is 14.4 Å². The number of hydrogen-bond acceptors (Lipinski definition) is 16. The van der Waals surface area contributed by atoms with Crippen molar-refractivity contribution in [2.24, 2.45) is 0 Å². The summed E-state index contributed by atoms with van der Waals surface area (Å²) in [6.07, 6.45) is 0. The summed E-state index contributed by atoms with van der Waals surface area (Å²) in [6.45, 7) is 2.22. The Bertz CT molecular complexity index is 1670. The Balaban J connectivity index is 2.31. The highest BCUT2D eigenvalue weighted by molar-refractivity contribution is 7.90. The van der Waals surface area contributed by atoms with E-state index in [1.54, 1.807) is 9.44 Å². The fourth-order valence-electron chi connectivity index (χ4n) is 4.59. The number of benzene rings is 2. The molecular weight excluding hydrogens is 686 g/mol. The maximum absolute atomic E-state index is 14.5. The van der Waals surface area contributed by atoms with Gasteiger partial charge in [-0.05, 0) is 43.5 Å². The Morgan fingerprint density at radius 3 is 1.54 bits per heavy atom. The van der Waals surface area contributed by atoms with Gasteiger partial charge in [0.2, 0.25) is 0 Å². The number of nitrogens with one attached hydrogen (secondary N) is 3. The van der Waals surface area contributed by atoms with E-state index >= 15 is 0 Å². The van der Waals surface area contributed by atoms with Crippen molar-refractivity contribution >= 4 is 38.1 Å². The number of rotatable bonds is 14. The molecule has 6 amide bonds. The molecule has 2 unspecified atom stereocenters. The van der Waals surface area contributed by atoms with Crippen molar-refractivity contribution in [2.75, 3.05) is 55.9 Å². The van der Waals surface area contributed by atoms with Crippen LogP contribution in [0.15, 0.2) is 46.2 Å². The molecule has 20 nitrogen and oxygen atoms in total. The minimum atomic E-state index is -5.04. The van der Waals surface area contributed by atoms with Gasteiger partial charge in [0.05, 0.1) is 39.6 Å². The van der Waals surface area contributed by atoms with E-state index in [0.29, 0.717) is 0 Å². The molecule has 1 aliphatic rings. The summed E-state index contributed by atoms with van der Waals surface area (Å²) in [4.78, 5) is 50.6. The van der Waals surface area contributed by atoms with Gasteiger partial charge in [0.25, 0.3) is 20.0 Å². The fourth-order valence-corrected chi connectivity index (χ4v) is 6.92. The number of sulfonamides is 2. The molecule has 0 radical (unpaired) electrons. The zero-order valence-electron chi connectivity index (χ0n) is 27.2. The molecule has 2 aromatic rings. The summed E-state index contributed by atoms with van der Waals surface area (Å²) >= 11 is 0. The fraction of sp³-hybridized carbons (Fsp3) is 0.423. The third-order valence-corrected chi connectivity index (χ3v) is 9.48. The zero-order chi connectivity index (χ0) is 36.1. The van der Waals surface area contributed by atoms with E-state index in [0.717, 1.165) is 40.6 Å². The average Bonchev–Trinajstić information content (AvgIpc) is 3.29. The number of hydrogen-bond donors (Lipinski definition) is 3. The minimum absolute atomic E-state index is 0.0279. The Labute approximate surface area is 276 Å². The first-order valence-electron chi connectivity index (χ1n) is 13.7. The molecule has 0 saturated carbocycles. The van der Waals surface area contributed by atoms with E-state index in [-0.39, 0.29) is 36.2 Å². The van der Waals surface area contributed by atoms with Gasteiger partial charge in [-0.1, -0.05) is 0 Å². The second-order valence-corrected chi connectivity index (χ2v) is 12.6. The van der Waals surface area contributed by atoms with Crippen LogP contribution >= 0.6 is 0 Å². The first kappa shape index (κ1) is 38.3. The van der Waals surface area contributed by atoms with Gasteiger partial charge in [-0.2, -0.15) is 19.1 Å². The van der Waals surface area contributed by atoms with Gasteiger partial charge in [0, 0.05) is 19.2 Å². The molecule has 3 rings (SSSR count). The number of imide groups is 3. The molecule has 1 fully saturated rings. The highest BCUT2D eigenvalue weighted by Crippen LogP contribution is 2.40. The number of amides is 6. The van der Waals surface area contributed by atoms with E-state index in [1.165, 1.54) is 52.3 Å². The molecule has 0 aliphatic carbocycles. The minimum Gasteiger partial charge on any atom is -0.497 e. The first-order chi connectivity index (χ1) is 22.6. The van der Waals surface area contributed by atoms with Crippen molar-refractivity contribution in [1.29, 1.82) is 0 Å². The quantitative estimate of drug-likeness (QED) is 0.184. The van der Waals surface area contributed by atoms with Crippen LogP contribution in [0, 0.1) is 0 Å². The predicted molar refractivity (Wildman–Crippen MR) is 160 cm³/mol. The second kappa shape index (κ2) is 14.6. The van der Waals surface area contributed by atoms with E-state index < -0.39 is 63.4 Å². The Hall–Kier alpha value is -4.13. The average molecular weight is 724 g/mol. The number of nitrogens with zero attached hydrogens (tertiary/aromatic N) is 2. The SMILES string of the molecule is CCOC1(OC)N[N+](C(=O)NS(=O)(=O)c2cc(OC)ccc2OC)(C(=O)NS(=O)(=O)c2cc(OC)ccc2OC)C(=O)[N+]1(OC)OCC. The molecule has 48 heavy (non-hydrogen) atoms. The van der Waals surface area contributed by atoms with Crippen LogP contribution in [-0.2, 0) is 39.2 Å². The van der Waals surface area contributed by atoms with Crippen LogP contribution in [0.5, 0.6) is 23.0 Å². The Morgan fingerprint density at radius 1 is 0.750 bits per heavy atom. The van der Waals surface area contributed by atoms with Crippen molar-refractivity contribution in [2.45, 2.75) is 29.7 Å². The molecule has 1 aliphatic heterocycles. The topological polar surface area (TPSA) is 229 Å². The molecule has 22 heteroatoms. The van der Waals surface area contributed by atoms with Gasteiger partial charge in [-0.3, -0.25) is 9.47 Å². The predicted octanol–water partition coefficient (Wildman–Crippen LogP) is 1.30. The van der Waals surface area contributed by atoms with Crippen molar-refractivity contribution in [3.63, 3.8) is 0 Å². The Morgan fingerprint density at radius 2 is 1.21 bits per heavy atom. The van der Waals surface area contributed by atoms with Gasteiger partial charge in [-0.25, -0.2) is 26.4 Å². The van der Waals surface area contributed by atoms with Crippen molar-refractivity contribution < 1.29 is 78.7 Å². The number of carbonyl (C=O) groups excluding carboxylic acids is 3. The summed E-state index contributed by atoms with van der Waals surface area (Å²) in [7, 11) is -3.39.